The second-order valence-electron chi connectivity index (χ2n) is 5.85. The highest BCUT2D eigenvalue weighted by atomic mass is 35.5. The Morgan fingerprint density at radius 1 is 0.889 bits per heavy atom. The zero-order valence-electron chi connectivity index (χ0n) is 14.0. The summed E-state index contributed by atoms with van der Waals surface area (Å²) >= 11 is 6.15. The molecule has 0 radical (unpaired) electrons. The van der Waals surface area contributed by atoms with Crippen LogP contribution in [0.1, 0.15) is 21.0 Å². The third-order valence-electron chi connectivity index (χ3n) is 3.98. The number of carbonyl (C=O) groups excluding carboxylic acids is 2. The molecule has 0 unspecified atom stereocenters. The van der Waals surface area contributed by atoms with Crippen LogP contribution in [0.25, 0.3) is 10.9 Å². The number of furan rings is 1. The Morgan fingerprint density at radius 2 is 1.63 bits per heavy atom. The van der Waals surface area contributed by atoms with E-state index in [0.29, 0.717) is 22.1 Å². The molecule has 134 valence electrons. The van der Waals surface area contributed by atoms with Crippen LogP contribution in [0.4, 0.5) is 11.4 Å². The minimum atomic E-state index is -0.367. The molecule has 0 aliphatic heterocycles. The topological polar surface area (TPSA) is 87.1 Å². The van der Waals surface area contributed by atoms with Gasteiger partial charge in [-0.25, -0.2) is 0 Å². The van der Waals surface area contributed by atoms with Gasteiger partial charge < -0.3 is 20.0 Å². The van der Waals surface area contributed by atoms with Crippen molar-refractivity contribution in [3.63, 3.8) is 0 Å². The number of rotatable bonds is 4. The molecule has 0 saturated heterocycles. The van der Waals surface area contributed by atoms with Gasteiger partial charge in [0.05, 0.1) is 6.26 Å². The molecule has 0 aliphatic rings. The summed E-state index contributed by atoms with van der Waals surface area (Å²) < 4.78 is 5.06. The molecule has 2 heterocycles. The maximum absolute atomic E-state index is 12.5. The minimum Gasteiger partial charge on any atom is -0.459 e. The van der Waals surface area contributed by atoms with Gasteiger partial charge in [-0.1, -0.05) is 23.7 Å². The highest BCUT2D eigenvalue weighted by Gasteiger charge is 2.13. The standard InChI is InChI=1S/C20H14ClN3O3/c21-15-6-2-7-16-14(15)11-17(24-16)19(25)22-12-4-1-5-13(10-12)23-20(26)18-8-3-9-27-18/h1-11,24H,(H,22,25)(H,23,26). The fourth-order valence-corrected chi connectivity index (χ4v) is 2.94. The number of hydrogen-bond donors (Lipinski definition) is 3. The molecule has 27 heavy (non-hydrogen) atoms. The number of nitrogens with one attached hydrogen (secondary N) is 3. The molecule has 4 aromatic rings. The van der Waals surface area contributed by atoms with E-state index in [9.17, 15) is 9.59 Å². The summed E-state index contributed by atoms with van der Waals surface area (Å²) in [6.45, 7) is 0. The number of anilines is 2. The summed E-state index contributed by atoms with van der Waals surface area (Å²) in [5.74, 6) is -0.468. The van der Waals surface area contributed by atoms with Gasteiger partial charge >= 0.3 is 0 Å². The number of halogens is 1. The van der Waals surface area contributed by atoms with Gasteiger partial charge in [0.15, 0.2) is 5.76 Å². The quantitative estimate of drug-likeness (QED) is 0.470. The van der Waals surface area contributed by atoms with Crippen LogP contribution in [-0.4, -0.2) is 16.8 Å². The van der Waals surface area contributed by atoms with E-state index < -0.39 is 0 Å². The van der Waals surface area contributed by atoms with Crippen molar-refractivity contribution >= 4 is 45.7 Å². The smallest absolute Gasteiger partial charge is 0.291 e. The molecule has 6 nitrogen and oxygen atoms in total. The zero-order valence-corrected chi connectivity index (χ0v) is 14.7. The molecule has 3 N–H and O–H groups in total. The molecule has 0 atom stereocenters. The first-order chi connectivity index (χ1) is 13.1. The number of amides is 2. The SMILES string of the molecule is O=C(Nc1cccc(NC(=O)c2ccco2)c1)c1cc2c(Cl)cccc2[nH]1. The number of aromatic nitrogens is 1. The molecule has 2 aromatic heterocycles. The maximum Gasteiger partial charge on any atom is 0.291 e. The summed E-state index contributed by atoms with van der Waals surface area (Å²) in [6, 6.07) is 17.2. The lowest BCUT2D eigenvalue weighted by molar-refractivity contribution is 0.0994. The van der Waals surface area contributed by atoms with E-state index in [1.54, 1.807) is 48.5 Å². The zero-order chi connectivity index (χ0) is 18.8. The van der Waals surface area contributed by atoms with E-state index in [1.165, 1.54) is 6.26 Å². The van der Waals surface area contributed by atoms with Crippen LogP contribution in [-0.2, 0) is 0 Å². The molecule has 2 amide bonds. The lowest BCUT2D eigenvalue weighted by atomic mass is 10.2. The van der Waals surface area contributed by atoms with Crippen LogP contribution < -0.4 is 10.6 Å². The molecular formula is C20H14ClN3O3. The summed E-state index contributed by atoms with van der Waals surface area (Å²) in [7, 11) is 0. The first-order valence-corrected chi connectivity index (χ1v) is 8.51. The van der Waals surface area contributed by atoms with Crippen molar-refractivity contribution in [1.82, 2.24) is 4.98 Å². The van der Waals surface area contributed by atoms with Gasteiger partial charge in [-0.3, -0.25) is 9.59 Å². The van der Waals surface area contributed by atoms with E-state index in [4.69, 9.17) is 16.0 Å². The second kappa shape index (κ2) is 7.01. The van der Waals surface area contributed by atoms with Crippen LogP contribution in [0, 0.1) is 0 Å². The third-order valence-corrected chi connectivity index (χ3v) is 4.31. The number of benzene rings is 2. The van der Waals surface area contributed by atoms with Crippen molar-refractivity contribution in [2.75, 3.05) is 10.6 Å². The Labute approximate surface area is 159 Å². The lowest BCUT2D eigenvalue weighted by Gasteiger charge is -2.07. The Hall–Kier alpha value is -3.51. The van der Waals surface area contributed by atoms with Crippen LogP contribution >= 0.6 is 11.6 Å². The highest BCUT2D eigenvalue weighted by Crippen LogP contribution is 2.24. The molecule has 0 fully saturated rings. The van der Waals surface area contributed by atoms with Gasteiger partial charge in [0.1, 0.15) is 5.69 Å². The minimum absolute atomic E-state index is 0.208. The Bertz CT molecular complexity index is 1130. The van der Waals surface area contributed by atoms with Gasteiger partial charge in [-0.2, -0.15) is 0 Å². The average molecular weight is 380 g/mol. The molecule has 2 aromatic carbocycles. The molecular weight excluding hydrogens is 366 g/mol. The molecule has 0 saturated carbocycles. The average Bonchev–Trinajstić information content (AvgIpc) is 3.32. The van der Waals surface area contributed by atoms with Gasteiger partial charge in [0, 0.05) is 27.3 Å². The number of H-pyrrole nitrogens is 1. The van der Waals surface area contributed by atoms with Crippen molar-refractivity contribution in [2.45, 2.75) is 0 Å². The Balaban J connectivity index is 1.51. The summed E-state index contributed by atoms with van der Waals surface area (Å²) in [5, 5.41) is 6.87. The molecule has 0 aliphatic carbocycles. The van der Waals surface area contributed by atoms with Crippen LogP contribution in [0.15, 0.2) is 71.3 Å². The van der Waals surface area contributed by atoms with E-state index in [0.717, 1.165) is 10.9 Å². The van der Waals surface area contributed by atoms with E-state index in [-0.39, 0.29) is 17.6 Å². The van der Waals surface area contributed by atoms with E-state index in [2.05, 4.69) is 15.6 Å². The monoisotopic (exact) mass is 379 g/mol. The lowest BCUT2D eigenvalue weighted by Crippen LogP contribution is -2.13. The predicted octanol–water partition coefficient (Wildman–Crippen LogP) is 4.92. The number of carbonyl (C=O) groups is 2. The molecule has 4 rings (SSSR count). The largest absolute Gasteiger partial charge is 0.459 e. The first-order valence-electron chi connectivity index (χ1n) is 8.14. The normalized spacial score (nSPS) is 10.7. The third kappa shape index (κ3) is 3.56. The summed E-state index contributed by atoms with van der Waals surface area (Å²) in [6.07, 6.45) is 1.43. The van der Waals surface area contributed by atoms with Crippen molar-refractivity contribution in [3.8, 4) is 0 Å². The number of hydrogen-bond acceptors (Lipinski definition) is 3. The predicted molar refractivity (Wildman–Crippen MR) is 104 cm³/mol. The van der Waals surface area contributed by atoms with E-state index in [1.807, 2.05) is 12.1 Å². The van der Waals surface area contributed by atoms with Crippen molar-refractivity contribution in [1.29, 1.82) is 0 Å². The number of aromatic amines is 1. The molecule has 7 heteroatoms. The first kappa shape index (κ1) is 16.9. The fourth-order valence-electron chi connectivity index (χ4n) is 2.71. The Morgan fingerprint density at radius 3 is 2.33 bits per heavy atom. The Kier molecular flexibility index (Phi) is 4.40. The second-order valence-corrected chi connectivity index (χ2v) is 6.26. The molecule has 0 bridgehead atoms. The van der Waals surface area contributed by atoms with Crippen LogP contribution in [0.3, 0.4) is 0 Å². The van der Waals surface area contributed by atoms with Gasteiger partial charge in [-0.15, -0.1) is 0 Å². The molecule has 0 spiro atoms. The summed E-state index contributed by atoms with van der Waals surface area (Å²) in [4.78, 5) is 27.6. The van der Waals surface area contributed by atoms with Crippen molar-refractivity contribution < 1.29 is 14.0 Å². The van der Waals surface area contributed by atoms with Crippen molar-refractivity contribution in [3.05, 3.63) is 83.4 Å². The van der Waals surface area contributed by atoms with Gasteiger partial charge in [0.25, 0.3) is 11.8 Å². The van der Waals surface area contributed by atoms with Gasteiger partial charge in [0.2, 0.25) is 0 Å². The summed E-state index contributed by atoms with van der Waals surface area (Å²) in [5.41, 5.74) is 2.26. The van der Waals surface area contributed by atoms with Gasteiger partial charge in [-0.05, 0) is 48.5 Å². The van der Waals surface area contributed by atoms with Crippen LogP contribution in [0.2, 0.25) is 5.02 Å². The fraction of sp³-hybridized carbons (Fsp3) is 0. The van der Waals surface area contributed by atoms with Crippen LogP contribution in [0.5, 0.6) is 0 Å². The highest BCUT2D eigenvalue weighted by molar-refractivity contribution is 6.35. The number of fused-ring (bicyclic) bond motifs is 1. The van der Waals surface area contributed by atoms with E-state index >= 15 is 0 Å². The van der Waals surface area contributed by atoms with Crippen molar-refractivity contribution in [2.24, 2.45) is 0 Å². The maximum atomic E-state index is 12.5.